The van der Waals surface area contributed by atoms with Crippen molar-refractivity contribution in [2.75, 3.05) is 18.8 Å². The Morgan fingerprint density at radius 1 is 1.53 bits per heavy atom. The fraction of sp³-hybridized carbons (Fsp3) is 0.889. The van der Waals surface area contributed by atoms with Gasteiger partial charge in [0.05, 0.1) is 4.99 Å². The van der Waals surface area contributed by atoms with Crippen LogP contribution in [0.1, 0.15) is 26.7 Å². The van der Waals surface area contributed by atoms with Gasteiger partial charge in [-0.05, 0) is 18.3 Å². The molecular formula is C9H18N2O2S2. The first-order chi connectivity index (χ1) is 6.73. The van der Waals surface area contributed by atoms with Gasteiger partial charge in [-0.3, -0.25) is 0 Å². The number of nitrogens with two attached hydrogens (primary N) is 1. The molecule has 88 valence electrons. The van der Waals surface area contributed by atoms with Crippen LogP contribution in [0, 0.1) is 5.41 Å². The number of thiocarbonyl (C=S) groups is 1. The minimum atomic E-state index is -3.29. The number of piperidine rings is 1. The van der Waals surface area contributed by atoms with Crippen molar-refractivity contribution in [3.8, 4) is 0 Å². The quantitative estimate of drug-likeness (QED) is 0.750. The van der Waals surface area contributed by atoms with Crippen LogP contribution in [0.5, 0.6) is 0 Å². The van der Waals surface area contributed by atoms with Crippen molar-refractivity contribution < 1.29 is 8.42 Å². The highest BCUT2D eigenvalue weighted by atomic mass is 32.2. The summed E-state index contributed by atoms with van der Waals surface area (Å²) in [5, 5.41) is 0. The Balaban J connectivity index is 2.75. The molecule has 0 aliphatic carbocycles. The normalized spacial score (nSPS) is 22.5. The monoisotopic (exact) mass is 250 g/mol. The van der Waals surface area contributed by atoms with E-state index >= 15 is 0 Å². The van der Waals surface area contributed by atoms with Gasteiger partial charge in [-0.25, -0.2) is 12.7 Å². The highest BCUT2D eigenvalue weighted by molar-refractivity contribution is 7.92. The molecule has 0 saturated carbocycles. The molecule has 0 radical (unpaired) electrons. The standard InChI is InChI=1S/C9H18N2O2S2/c1-9(2)4-3-5-11(7-9)15(12,13)6-8(10)14/h3-7H2,1-2H3,(H2,10,14). The summed E-state index contributed by atoms with van der Waals surface area (Å²) in [6, 6.07) is 0. The van der Waals surface area contributed by atoms with Gasteiger partial charge in [-0.2, -0.15) is 0 Å². The maximum atomic E-state index is 11.8. The van der Waals surface area contributed by atoms with Crippen molar-refractivity contribution in [2.24, 2.45) is 11.1 Å². The molecule has 1 aliphatic rings. The molecule has 0 aromatic rings. The lowest BCUT2D eigenvalue weighted by Crippen LogP contribution is -2.45. The fourth-order valence-corrected chi connectivity index (χ4v) is 3.82. The molecule has 15 heavy (non-hydrogen) atoms. The summed E-state index contributed by atoms with van der Waals surface area (Å²) in [4.78, 5) is 0.0402. The summed E-state index contributed by atoms with van der Waals surface area (Å²) < 4.78 is 25.2. The fourth-order valence-electron chi connectivity index (χ4n) is 1.88. The van der Waals surface area contributed by atoms with E-state index in [4.69, 9.17) is 5.73 Å². The lowest BCUT2D eigenvalue weighted by molar-refractivity contribution is 0.187. The van der Waals surface area contributed by atoms with Crippen LogP contribution < -0.4 is 5.73 Å². The highest BCUT2D eigenvalue weighted by Gasteiger charge is 2.33. The van der Waals surface area contributed by atoms with Crippen molar-refractivity contribution in [1.29, 1.82) is 0 Å². The van der Waals surface area contributed by atoms with Crippen LogP contribution in [0.25, 0.3) is 0 Å². The molecular weight excluding hydrogens is 232 g/mol. The second kappa shape index (κ2) is 4.35. The minimum Gasteiger partial charge on any atom is -0.392 e. The van der Waals surface area contributed by atoms with Gasteiger partial charge in [-0.15, -0.1) is 0 Å². The molecule has 0 bridgehead atoms. The van der Waals surface area contributed by atoms with E-state index in [1.807, 2.05) is 0 Å². The summed E-state index contributed by atoms with van der Waals surface area (Å²) in [5.41, 5.74) is 5.34. The van der Waals surface area contributed by atoms with Gasteiger partial charge in [-0.1, -0.05) is 26.1 Å². The van der Waals surface area contributed by atoms with Gasteiger partial charge in [0.15, 0.2) is 0 Å². The van der Waals surface area contributed by atoms with Crippen LogP contribution in [0.3, 0.4) is 0 Å². The lowest BCUT2D eigenvalue weighted by atomic mass is 9.85. The van der Waals surface area contributed by atoms with E-state index < -0.39 is 10.0 Å². The van der Waals surface area contributed by atoms with Gasteiger partial charge < -0.3 is 5.73 Å². The van der Waals surface area contributed by atoms with Crippen LogP contribution >= 0.6 is 12.2 Å². The van der Waals surface area contributed by atoms with Crippen molar-refractivity contribution in [3.63, 3.8) is 0 Å². The predicted molar refractivity (Wildman–Crippen MR) is 65.2 cm³/mol. The van der Waals surface area contributed by atoms with E-state index in [-0.39, 0.29) is 16.2 Å². The third-order valence-corrected chi connectivity index (χ3v) is 4.68. The molecule has 1 saturated heterocycles. The Bertz CT molecular complexity index is 349. The summed E-state index contributed by atoms with van der Waals surface area (Å²) in [6.07, 6.45) is 1.97. The molecule has 1 rings (SSSR count). The highest BCUT2D eigenvalue weighted by Crippen LogP contribution is 2.29. The molecule has 2 N–H and O–H groups in total. The number of hydrogen-bond acceptors (Lipinski definition) is 3. The zero-order valence-electron chi connectivity index (χ0n) is 9.19. The Morgan fingerprint density at radius 2 is 2.13 bits per heavy atom. The molecule has 0 aromatic heterocycles. The minimum absolute atomic E-state index is 0.0402. The van der Waals surface area contributed by atoms with Crippen molar-refractivity contribution in [3.05, 3.63) is 0 Å². The van der Waals surface area contributed by atoms with E-state index in [2.05, 4.69) is 26.1 Å². The average Bonchev–Trinajstić information content (AvgIpc) is 1.99. The summed E-state index contributed by atoms with van der Waals surface area (Å²) >= 11 is 4.64. The van der Waals surface area contributed by atoms with Gasteiger partial charge in [0, 0.05) is 13.1 Å². The Kier molecular flexibility index (Phi) is 3.73. The van der Waals surface area contributed by atoms with Gasteiger partial charge in [0.2, 0.25) is 10.0 Å². The van der Waals surface area contributed by atoms with Crippen molar-refractivity contribution in [2.45, 2.75) is 26.7 Å². The first-order valence-corrected chi connectivity index (χ1v) is 7.01. The van der Waals surface area contributed by atoms with Crippen LogP contribution in [-0.4, -0.2) is 36.6 Å². The van der Waals surface area contributed by atoms with Gasteiger partial charge >= 0.3 is 0 Å². The molecule has 1 heterocycles. The van der Waals surface area contributed by atoms with Gasteiger partial charge in [0.25, 0.3) is 0 Å². The zero-order valence-corrected chi connectivity index (χ0v) is 10.8. The number of nitrogens with zero attached hydrogens (tertiary/aromatic N) is 1. The summed E-state index contributed by atoms with van der Waals surface area (Å²) in [6.45, 7) is 5.32. The molecule has 1 aliphatic heterocycles. The van der Waals surface area contributed by atoms with Crippen LogP contribution in [0.4, 0.5) is 0 Å². The first kappa shape index (κ1) is 12.9. The topological polar surface area (TPSA) is 63.4 Å². The average molecular weight is 250 g/mol. The van der Waals surface area contributed by atoms with Crippen LogP contribution in [0.2, 0.25) is 0 Å². The lowest BCUT2D eigenvalue weighted by Gasteiger charge is -2.37. The molecule has 0 unspecified atom stereocenters. The SMILES string of the molecule is CC1(C)CCCN(S(=O)(=O)CC(N)=S)C1. The molecule has 0 spiro atoms. The second-order valence-electron chi connectivity index (χ2n) is 4.82. The Hall–Kier alpha value is -0.200. The van der Waals surface area contributed by atoms with Gasteiger partial charge in [0.1, 0.15) is 5.75 Å². The largest absolute Gasteiger partial charge is 0.392 e. The predicted octanol–water partition coefficient (Wildman–Crippen LogP) is 0.724. The Labute approximate surface area is 96.9 Å². The molecule has 4 nitrogen and oxygen atoms in total. The third-order valence-electron chi connectivity index (χ3n) is 2.58. The number of sulfonamides is 1. The smallest absolute Gasteiger partial charge is 0.220 e. The summed E-state index contributed by atoms with van der Waals surface area (Å²) in [5.74, 6) is -0.210. The summed E-state index contributed by atoms with van der Waals surface area (Å²) in [7, 11) is -3.29. The van der Waals surface area contributed by atoms with E-state index in [9.17, 15) is 8.42 Å². The third kappa shape index (κ3) is 3.70. The zero-order chi connectivity index (χ0) is 11.7. The number of hydrogen-bond donors (Lipinski definition) is 1. The maximum absolute atomic E-state index is 11.8. The van der Waals surface area contributed by atoms with Crippen molar-refractivity contribution >= 4 is 27.2 Å². The van der Waals surface area contributed by atoms with Crippen molar-refractivity contribution in [1.82, 2.24) is 4.31 Å². The Morgan fingerprint density at radius 3 is 2.60 bits per heavy atom. The molecule has 0 atom stereocenters. The molecule has 1 fully saturated rings. The first-order valence-electron chi connectivity index (χ1n) is 4.99. The van der Waals surface area contributed by atoms with E-state index in [0.717, 1.165) is 12.8 Å². The molecule has 0 amide bonds. The van der Waals surface area contributed by atoms with Crippen LogP contribution in [-0.2, 0) is 10.0 Å². The number of rotatable bonds is 3. The second-order valence-corrected chi connectivity index (χ2v) is 7.32. The van der Waals surface area contributed by atoms with E-state index in [0.29, 0.717) is 13.1 Å². The van der Waals surface area contributed by atoms with E-state index in [1.165, 1.54) is 4.31 Å². The maximum Gasteiger partial charge on any atom is 0.220 e. The molecule has 0 aromatic carbocycles. The van der Waals surface area contributed by atoms with E-state index in [1.54, 1.807) is 0 Å². The van der Waals surface area contributed by atoms with Crippen LogP contribution in [0.15, 0.2) is 0 Å². The molecule has 6 heteroatoms.